The fourth-order valence-electron chi connectivity index (χ4n) is 3.67. The first kappa shape index (κ1) is 23.2. The molecule has 1 atom stereocenters. The summed E-state index contributed by atoms with van der Waals surface area (Å²) < 4.78 is 41.5. The monoisotopic (exact) mass is 451 g/mol. The molecule has 1 saturated carbocycles. The summed E-state index contributed by atoms with van der Waals surface area (Å²) >= 11 is 11.8. The van der Waals surface area contributed by atoms with E-state index in [1.807, 2.05) is 5.92 Å². The summed E-state index contributed by atoms with van der Waals surface area (Å²) in [5, 5.41) is 8.91. The lowest BCUT2D eigenvalue weighted by molar-refractivity contribution is -0.274. The maximum Gasteiger partial charge on any atom is 0.573 e. The zero-order valence-corrected chi connectivity index (χ0v) is 16.9. The standard InChI is InChI=1S/C19H18Cl2F3NO4/c1-3-15(26)25(18(2,17(27)28)11-7-5-4-6-8-11)12-9-13(20)16(14(21)10-12)29-19(22,23)24/h1,9-11H,4-8H2,2H3,(H,27,28). The van der Waals surface area contributed by atoms with Gasteiger partial charge in [-0.3, -0.25) is 9.69 Å². The zero-order valence-electron chi connectivity index (χ0n) is 15.4. The van der Waals surface area contributed by atoms with Gasteiger partial charge >= 0.3 is 18.2 Å². The van der Waals surface area contributed by atoms with Crippen LogP contribution in [0.15, 0.2) is 12.1 Å². The summed E-state index contributed by atoms with van der Waals surface area (Å²) in [5.41, 5.74) is -1.88. The third-order valence-corrected chi connectivity index (χ3v) is 5.64. The van der Waals surface area contributed by atoms with Crippen molar-refractivity contribution in [3.8, 4) is 18.1 Å². The van der Waals surface area contributed by atoms with Crippen molar-refractivity contribution in [2.24, 2.45) is 5.92 Å². The quantitative estimate of drug-likeness (QED) is 0.618. The minimum atomic E-state index is -5.04. The lowest BCUT2D eigenvalue weighted by atomic mass is 9.74. The van der Waals surface area contributed by atoms with Gasteiger partial charge in [-0.1, -0.05) is 42.5 Å². The smallest absolute Gasteiger partial charge is 0.479 e. The molecular formula is C19H18Cl2F3NO4. The zero-order chi connectivity index (χ0) is 22.0. The van der Waals surface area contributed by atoms with Gasteiger partial charge in [0, 0.05) is 5.69 Å². The number of carbonyl (C=O) groups is 2. The highest BCUT2D eigenvalue weighted by molar-refractivity contribution is 6.37. The van der Waals surface area contributed by atoms with E-state index in [1.54, 1.807) is 0 Å². The Balaban J connectivity index is 2.62. The molecule has 2 rings (SSSR count). The van der Waals surface area contributed by atoms with Crippen LogP contribution in [0.2, 0.25) is 10.0 Å². The highest BCUT2D eigenvalue weighted by atomic mass is 35.5. The van der Waals surface area contributed by atoms with Crippen LogP contribution in [0.1, 0.15) is 39.0 Å². The normalized spacial score (nSPS) is 17.1. The van der Waals surface area contributed by atoms with Crippen molar-refractivity contribution in [2.45, 2.75) is 50.9 Å². The molecule has 0 radical (unpaired) electrons. The number of ether oxygens (including phenoxy) is 1. The van der Waals surface area contributed by atoms with Crippen molar-refractivity contribution in [3.05, 3.63) is 22.2 Å². The van der Waals surface area contributed by atoms with Crippen LogP contribution < -0.4 is 9.64 Å². The van der Waals surface area contributed by atoms with Crippen LogP contribution >= 0.6 is 23.2 Å². The van der Waals surface area contributed by atoms with Crippen LogP contribution in [-0.4, -0.2) is 28.9 Å². The summed E-state index contributed by atoms with van der Waals surface area (Å²) in [6.07, 6.45) is 3.82. The molecule has 10 heteroatoms. The van der Waals surface area contributed by atoms with E-state index in [0.29, 0.717) is 12.8 Å². The number of hydrogen-bond acceptors (Lipinski definition) is 3. The molecule has 0 bridgehead atoms. The van der Waals surface area contributed by atoms with Crippen LogP contribution in [0.5, 0.6) is 5.75 Å². The Morgan fingerprint density at radius 1 is 1.21 bits per heavy atom. The van der Waals surface area contributed by atoms with Crippen molar-refractivity contribution in [1.29, 1.82) is 0 Å². The van der Waals surface area contributed by atoms with E-state index in [9.17, 15) is 27.9 Å². The number of nitrogens with zero attached hydrogens (tertiary/aromatic N) is 1. The molecule has 5 nitrogen and oxygen atoms in total. The third kappa shape index (κ3) is 4.90. The first-order chi connectivity index (χ1) is 13.4. The van der Waals surface area contributed by atoms with Gasteiger partial charge in [0.2, 0.25) is 0 Å². The number of carboxylic acids is 1. The number of rotatable bonds is 5. The first-order valence-electron chi connectivity index (χ1n) is 8.70. The van der Waals surface area contributed by atoms with Crippen LogP contribution in [0.3, 0.4) is 0 Å². The fourth-order valence-corrected chi connectivity index (χ4v) is 4.22. The van der Waals surface area contributed by atoms with E-state index >= 15 is 0 Å². The number of hydrogen-bond donors (Lipinski definition) is 1. The lowest BCUT2D eigenvalue weighted by Crippen LogP contribution is -2.60. The highest BCUT2D eigenvalue weighted by Gasteiger charge is 2.49. The number of terminal acetylenes is 1. The largest absolute Gasteiger partial charge is 0.573 e. The maximum absolute atomic E-state index is 12.6. The topological polar surface area (TPSA) is 66.8 Å². The van der Waals surface area contributed by atoms with Crippen LogP contribution in [0, 0.1) is 18.3 Å². The van der Waals surface area contributed by atoms with E-state index in [-0.39, 0.29) is 5.69 Å². The molecule has 0 heterocycles. The van der Waals surface area contributed by atoms with Crippen molar-refractivity contribution in [1.82, 2.24) is 0 Å². The average Bonchev–Trinajstić information content (AvgIpc) is 2.64. The van der Waals surface area contributed by atoms with Gasteiger partial charge in [-0.05, 0) is 43.7 Å². The molecule has 1 aromatic rings. The molecule has 1 N–H and O–H groups in total. The predicted molar refractivity (Wildman–Crippen MR) is 102 cm³/mol. The van der Waals surface area contributed by atoms with Gasteiger partial charge < -0.3 is 9.84 Å². The molecule has 29 heavy (non-hydrogen) atoms. The summed E-state index contributed by atoms with van der Waals surface area (Å²) in [4.78, 5) is 25.7. The Hall–Kier alpha value is -2.11. The number of carboxylic acid groups (broad SMARTS) is 1. The van der Waals surface area contributed by atoms with E-state index in [0.717, 1.165) is 36.3 Å². The molecule has 0 aliphatic heterocycles. The minimum absolute atomic E-state index is 0.132. The van der Waals surface area contributed by atoms with Gasteiger partial charge in [0.1, 0.15) is 5.54 Å². The molecule has 0 spiro atoms. The van der Waals surface area contributed by atoms with E-state index in [2.05, 4.69) is 4.74 Å². The summed E-state index contributed by atoms with van der Waals surface area (Å²) in [7, 11) is 0. The second kappa shape index (κ2) is 8.72. The molecule has 1 aromatic carbocycles. The molecular weight excluding hydrogens is 434 g/mol. The molecule has 158 valence electrons. The van der Waals surface area contributed by atoms with Crippen molar-refractivity contribution in [3.63, 3.8) is 0 Å². The van der Waals surface area contributed by atoms with Crippen LogP contribution in [0.4, 0.5) is 18.9 Å². The molecule has 1 amide bonds. The molecule has 1 aliphatic rings. The predicted octanol–water partition coefficient (Wildman–Crippen LogP) is 5.28. The third-order valence-electron chi connectivity index (χ3n) is 5.08. The fraction of sp³-hybridized carbons (Fsp3) is 0.474. The number of halogens is 5. The summed E-state index contributed by atoms with van der Waals surface area (Å²) in [5.74, 6) is -1.67. The Morgan fingerprint density at radius 3 is 2.14 bits per heavy atom. The summed E-state index contributed by atoms with van der Waals surface area (Å²) in [6, 6.07) is 1.96. The van der Waals surface area contributed by atoms with Crippen molar-refractivity contribution in [2.75, 3.05) is 4.90 Å². The van der Waals surface area contributed by atoms with Gasteiger partial charge in [0.15, 0.2) is 5.75 Å². The van der Waals surface area contributed by atoms with Gasteiger partial charge in [-0.2, -0.15) is 0 Å². The van der Waals surface area contributed by atoms with Crippen molar-refractivity contribution < 1.29 is 32.6 Å². The summed E-state index contributed by atoms with van der Waals surface area (Å²) in [6.45, 7) is 1.36. The number of alkyl halides is 3. The van der Waals surface area contributed by atoms with Crippen LogP contribution in [0.25, 0.3) is 0 Å². The minimum Gasteiger partial charge on any atom is -0.479 e. The Kier molecular flexibility index (Phi) is 6.97. The highest BCUT2D eigenvalue weighted by Crippen LogP contribution is 2.44. The van der Waals surface area contributed by atoms with E-state index in [4.69, 9.17) is 29.6 Å². The molecule has 1 fully saturated rings. The van der Waals surface area contributed by atoms with Gasteiger partial charge in [-0.15, -0.1) is 19.6 Å². The number of benzene rings is 1. The number of carbonyl (C=O) groups excluding carboxylic acids is 1. The first-order valence-corrected chi connectivity index (χ1v) is 9.46. The van der Waals surface area contributed by atoms with Gasteiger partial charge in [-0.25, -0.2) is 4.79 Å². The van der Waals surface area contributed by atoms with Gasteiger partial charge in [0.05, 0.1) is 10.0 Å². The Bertz CT molecular complexity index is 824. The molecule has 1 aliphatic carbocycles. The molecule has 1 unspecified atom stereocenters. The molecule has 0 aromatic heterocycles. The Labute approximate surface area is 175 Å². The van der Waals surface area contributed by atoms with E-state index in [1.165, 1.54) is 6.92 Å². The molecule has 0 saturated heterocycles. The van der Waals surface area contributed by atoms with Gasteiger partial charge in [0.25, 0.3) is 0 Å². The van der Waals surface area contributed by atoms with Crippen LogP contribution in [-0.2, 0) is 9.59 Å². The second-order valence-corrected chi connectivity index (χ2v) is 7.67. The number of aliphatic carboxylic acids is 1. The maximum atomic E-state index is 12.6. The Morgan fingerprint density at radius 2 is 1.72 bits per heavy atom. The van der Waals surface area contributed by atoms with E-state index < -0.39 is 45.5 Å². The second-order valence-electron chi connectivity index (χ2n) is 6.86. The number of anilines is 1. The SMILES string of the molecule is C#CC(=O)N(c1cc(Cl)c(OC(F)(F)F)c(Cl)c1)C(C)(C(=O)O)C1CCCCC1. The lowest BCUT2D eigenvalue weighted by Gasteiger charge is -2.44. The number of amides is 1. The van der Waals surface area contributed by atoms with Crippen molar-refractivity contribution >= 4 is 40.8 Å². The average molecular weight is 452 g/mol.